The Kier molecular flexibility index (Phi) is 5.90. The lowest BCUT2D eigenvalue weighted by atomic mass is 9.87. The zero-order valence-corrected chi connectivity index (χ0v) is 12.9. The molecule has 0 aliphatic carbocycles. The molecule has 1 aromatic rings. The minimum atomic E-state index is -1.02. The maximum absolute atomic E-state index is 11.8. The summed E-state index contributed by atoms with van der Waals surface area (Å²) in [7, 11) is 0. The van der Waals surface area contributed by atoms with Crippen molar-refractivity contribution in [3.63, 3.8) is 0 Å². The topological polar surface area (TPSA) is 72.8 Å². The summed E-state index contributed by atoms with van der Waals surface area (Å²) in [5.41, 5.74) is 1.56. The average molecular weight is 294 g/mol. The number of carbonyl (C=O) groups is 2. The highest BCUT2D eigenvalue weighted by atomic mass is 16.6. The Hall–Kier alpha value is -1.88. The van der Waals surface area contributed by atoms with Crippen LogP contribution in [0.3, 0.4) is 0 Å². The first-order chi connectivity index (χ1) is 9.70. The number of rotatable bonds is 5. The summed E-state index contributed by atoms with van der Waals surface area (Å²) in [6, 6.07) is 7.15. The number of hydrogen-bond acceptors (Lipinski definition) is 5. The van der Waals surface area contributed by atoms with Crippen LogP contribution >= 0.6 is 0 Å². The first-order valence-corrected chi connectivity index (χ1v) is 6.79. The largest absolute Gasteiger partial charge is 0.463 e. The third kappa shape index (κ3) is 5.95. The molecule has 1 unspecified atom stereocenters. The van der Waals surface area contributed by atoms with Gasteiger partial charge in [-0.2, -0.15) is 0 Å². The van der Waals surface area contributed by atoms with Crippen molar-refractivity contribution in [3.05, 3.63) is 35.4 Å². The van der Waals surface area contributed by atoms with Crippen molar-refractivity contribution in [2.45, 2.75) is 39.2 Å². The summed E-state index contributed by atoms with van der Waals surface area (Å²) in [4.78, 5) is 22.4. The van der Waals surface area contributed by atoms with E-state index in [0.29, 0.717) is 5.56 Å². The van der Waals surface area contributed by atoms with Crippen molar-refractivity contribution in [1.82, 2.24) is 0 Å². The smallest absolute Gasteiger partial charge is 0.338 e. The molecule has 0 saturated carbocycles. The van der Waals surface area contributed by atoms with E-state index in [9.17, 15) is 14.7 Å². The molecule has 0 bridgehead atoms. The standard InChI is InChI=1S/C16H22O5/c1-11(17)20-9-14(18)10-21-15(19)12-5-7-13(8-6-12)16(2,3)4/h5-8,14,18H,9-10H2,1-4H3. The van der Waals surface area contributed by atoms with Gasteiger partial charge >= 0.3 is 11.9 Å². The number of benzene rings is 1. The zero-order valence-electron chi connectivity index (χ0n) is 12.9. The second kappa shape index (κ2) is 7.22. The van der Waals surface area contributed by atoms with E-state index in [4.69, 9.17) is 4.74 Å². The van der Waals surface area contributed by atoms with Crippen LogP contribution in [0.25, 0.3) is 0 Å². The number of ether oxygens (including phenoxy) is 2. The van der Waals surface area contributed by atoms with Crippen LogP contribution in [0, 0.1) is 0 Å². The molecule has 21 heavy (non-hydrogen) atoms. The van der Waals surface area contributed by atoms with Crippen LogP contribution in [0.1, 0.15) is 43.6 Å². The van der Waals surface area contributed by atoms with E-state index in [1.165, 1.54) is 6.92 Å². The summed E-state index contributed by atoms with van der Waals surface area (Å²) < 4.78 is 9.58. The molecule has 5 heteroatoms. The van der Waals surface area contributed by atoms with E-state index in [1.807, 2.05) is 12.1 Å². The van der Waals surface area contributed by atoms with E-state index < -0.39 is 18.0 Å². The van der Waals surface area contributed by atoms with Gasteiger partial charge < -0.3 is 14.6 Å². The molecule has 0 spiro atoms. The van der Waals surface area contributed by atoms with Crippen molar-refractivity contribution in [2.24, 2.45) is 0 Å². The van der Waals surface area contributed by atoms with Crippen LogP contribution < -0.4 is 0 Å². The molecule has 0 aromatic heterocycles. The van der Waals surface area contributed by atoms with Gasteiger partial charge in [-0.3, -0.25) is 4.79 Å². The van der Waals surface area contributed by atoms with E-state index in [2.05, 4.69) is 25.5 Å². The highest BCUT2D eigenvalue weighted by molar-refractivity contribution is 5.89. The Balaban J connectivity index is 2.51. The van der Waals surface area contributed by atoms with Gasteiger partial charge in [-0.25, -0.2) is 4.79 Å². The van der Waals surface area contributed by atoms with Gasteiger partial charge in [-0.05, 0) is 23.1 Å². The monoisotopic (exact) mass is 294 g/mol. The first kappa shape index (κ1) is 17.2. The molecule has 5 nitrogen and oxygen atoms in total. The van der Waals surface area contributed by atoms with Gasteiger partial charge in [0, 0.05) is 6.92 Å². The molecule has 0 fully saturated rings. The Morgan fingerprint density at radius 2 is 1.62 bits per heavy atom. The second-order valence-electron chi connectivity index (χ2n) is 5.88. The van der Waals surface area contributed by atoms with Crippen molar-refractivity contribution in [2.75, 3.05) is 13.2 Å². The lowest BCUT2D eigenvalue weighted by Gasteiger charge is -2.19. The van der Waals surface area contributed by atoms with Crippen molar-refractivity contribution in [1.29, 1.82) is 0 Å². The van der Waals surface area contributed by atoms with Crippen LogP contribution in [-0.4, -0.2) is 36.4 Å². The lowest BCUT2D eigenvalue weighted by Crippen LogP contribution is -2.24. The number of aliphatic hydroxyl groups is 1. The van der Waals surface area contributed by atoms with Crippen LogP contribution in [-0.2, 0) is 19.7 Å². The minimum absolute atomic E-state index is 0.0165. The number of aliphatic hydroxyl groups excluding tert-OH is 1. The van der Waals surface area contributed by atoms with Gasteiger partial charge in [0.15, 0.2) is 0 Å². The molecular weight excluding hydrogens is 272 g/mol. The Labute approximate surface area is 124 Å². The molecule has 1 aromatic carbocycles. The fourth-order valence-corrected chi connectivity index (χ4v) is 1.62. The quantitative estimate of drug-likeness (QED) is 0.842. The molecule has 116 valence electrons. The van der Waals surface area contributed by atoms with Gasteiger partial charge in [0.1, 0.15) is 19.3 Å². The van der Waals surface area contributed by atoms with Gasteiger partial charge in [0.05, 0.1) is 5.56 Å². The molecular formula is C16H22O5. The third-order valence-corrected chi connectivity index (χ3v) is 2.87. The van der Waals surface area contributed by atoms with Crippen molar-refractivity contribution in [3.8, 4) is 0 Å². The van der Waals surface area contributed by atoms with Gasteiger partial charge in [0.25, 0.3) is 0 Å². The normalized spacial score (nSPS) is 12.6. The van der Waals surface area contributed by atoms with Crippen LogP contribution in [0.4, 0.5) is 0 Å². The molecule has 0 aliphatic rings. The summed E-state index contributed by atoms with van der Waals surface area (Å²) in [5, 5.41) is 9.49. The number of hydrogen-bond donors (Lipinski definition) is 1. The fraction of sp³-hybridized carbons (Fsp3) is 0.500. The Morgan fingerprint density at radius 3 is 2.10 bits per heavy atom. The molecule has 0 saturated heterocycles. The van der Waals surface area contributed by atoms with E-state index in [-0.39, 0.29) is 18.6 Å². The molecule has 1 rings (SSSR count). The molecule has 0 heterocycles. The van der Waals surface area contributed by atoms with Crippen LogP contribution in [0.2, 0.25) is 0 Å². The van der Waals surface area contributed by atoms with Crippen molar-refractivity contribution < 1.29 is 24.2 Å². The minimum Gasteiger partial charge on any atom is -0.463 e. The maximum atomic E-state index is 11.8. The highest BCUT2D eigenvalue weighted by Crippen LogP contribution is 2.22. The third-order valence-electron chi connectivity index (χ3n) is 2.87. The van der Waals surface area contributed by atoms with Gasteiger partial charge in [-0.15, -0.1) is 0 Å². The molecule has 1 N–H and O–H groups in total. The van der Waals surface area contributed by atoms with E-state index >= 15 is 0 Å². The second-order valence-corrected chi connectivity index (χ2v) is 5.88. The SMILES string of the molecule is CC(=O)OCC(O)COC(=O)c1ccc(C(C)(C)C)cc1. The predicted molar refractivity (Wildman–Crippen MR) is 78.1 cm³/mol. The van der Waals surface area contributed by atoms with Crippen LogP contribution in [0.5, 0.6) is 0 Å². The Morgan fingerprint density at radius 1 is 1.10 bits per heavy atom. The fourth-order valence-electron chi connectivity index (χ4n) is 1.62. The van der Waals surface area contributed by atoms with Gasteiger partial charge in [-0.1, -0.05) is 32.9 Å². The summed E-state index contributed by atoms with van der Waals surface area (Å²) in [6.07, 6.45) is -1.02. The molecule has 0 amide bonds. The zero-order chi connectivity index (χ0) is 16.0. The average Bonchev–Trinajstić information content (AvgIpc) is 2.41. The Bertz CT molecular complexity index is 484. The molecule has 0 radical (unpaired) electrons. The van der Waals surface area contributed by atoms with Crippen LogP contribution in [0.15, 0.2) is 24.3 Å². The maximum Gasteiger partial charge on any atom is 0.338 e. The highest BCUT2D eigenvalue weighted by Gasteiger charge is 2.16. The summed E-state index contributed by atoms with van der Waals surface area (Å²) >= 11 is 0. The number of esters is 2. The lowest BCUT2D eigenvalue weighted by molar-refractivity contribution is -0.144. The summed E-state index contributed by atoms with van der Waals surface area (Å²) in [5.74, 6) is -1.00. The number of carbonyl (C=O) groups excluding carboxylic acids is 2. The molecule has 0 aliphatic heterocycles. The van der Waals surface area contributed by atoms with E-state index in [0.717, 1.165) is 5.56 Å². The summed E-state index contributed by atoms with van der Waals surface area (Å²) in [6.45, 7) is 7.11. The van der Waals surface area contributed by atoms with Crippen molar-refractivity contribution >= 4 is 11.9 Å². The van der Waals surface area contributed by atoms with Gasteiger partial charge in [0.2, 0.25) is 0 Å². The van der Waals surface area contributed by atoms with E-state index in [1.54, 1.807) is 12.1 Å². The predicted octanol–water partition coefficient (Wildman–Crippen LogP) is 2.06. The first-order valence-electron chi connectivity index (χ1n) is 6.79. The molecule has 1 atom stereocenters.